The van der Waals surface area contributed by atoms with Crippen molar-refractivity contribution in [3.05, 3.63) is 11.6 Å². The van der Waals surface area contributed by atoms with Crippen molar-refractivity contribution in [2.45, 2.75) is 52.6 Å². The van der Waals surface area contributed by atoms with Crippen LogP contribution in [-0.2, 0) is 0 Å². The van der Waals surface area contributed by atoms with Gasteiger partial charge >= 0.3 is 0 Å². The summed E-state index contributed by atoms with van der Waals surface area (Å²) in [4.78, 5) is 6.94. The molecule has 0 spiro atoms. The number of hydrogen-bond donors (Lipinski definition) is 2. The standard InChI is InChI=1S/C14H27N5/c1-10(2)19-7-5-13(6-8-19)9-15-11(3)14-16-12(4)17-18-14/h10-11,13,15H,5-9H2,1-4H3,(H,16,17,18). The fraction of sp³-hybridized carbons (Fsp3) is 0.857. The van der Waals surface area contributed by atoms with Crippen molar-refractivity contribution in [2.75, 3.05) is 19.6 Å². The lowest BCUT2D eigenvalue weighted by Crippen LogP contribution is -2.41. The topological polar surface area (TPSA) is 56.8 Å². The van der Waals surface area contributed by atoms with Gasteiger partial charge in [-0.15, -0.1) is 0 Å². The number of aromatic amines is 1. The Bertz CT molecular complexity index is 379. The van der Waals surface area contributed by atoms with Crippen LogP contribution in [0.2, 0.25) is 0 Å². The van der Waals surface area contributed by atoms with E-state index in [1.807, 2.05) is 6.92 Å². The summed E-state index contributed by atoms with van der Waals surface area (Å²) < 4.78 is 0. The van der Waals surface area contributed by atoms with Gasteiger partial charge in [0.15, 0.2) is 5.82 Å². The molecule has 1 aliphatic heterocycles. The Morgan fingerprint density at radius 3 is 2.53 bits per heavy atom. The third-order valence-electron chi connectivity index (χ3n) is 4.09. The quantitative estimate of drug-likeness (QED) is 0.853. The number of aromatic nitrogens is 3. The van der Waals surface area contributed by atoms with Gasteiger partial charge in [-0.3, -0.25) is 5.10 Å². The average molecular weight is 265 g/mol. The number of rotatable bonds is 5. The van der Waals surface area contributed by atoms with Crippen LogP contribution in [0.5, 0.6) is 0 Å². The lowest BCUT2D eigenvalue weighted by molar-refractivity contribution is 0.147. The second kappa shape index (κ2) is 6.48. The molecule has 1 atom stereocenters. The van der Waals surface area contributed by atoms with E-state index in [1.165, 1.54) is 25.9 Å². The minimum Gasteiger partial charge on any atom is -0.307 e. The highest BCUT2D eigenvalue weighted by Gasteiger charge is 2.21. The maximum absolute atomic E-state index is 4.37. The van der Waals surface area contributed by atoms with Crippen LogP contribution in [0.4, 0.5) is 0 Å². The minimum atomic E-state index is 0.230. The number of hydrogen-bond acceptors (Lipinski definition) is 4. The molecule has 5 nitrogen and oxygen atoms in total. The zero-order chi connectivity index (χ0) is 13.8. The smallest absolute Gasteiger partial charge is 0.167 e. The van der Waals surface area contributed by atoms with Crippen LogP contribution >= 0.6 is 0 Å². The molecule has 19 heavy (non-hydrogen) atoms. The van der Waals surface area contributed by atoms with Crippen molar-refractivity contribution in [2.24, 2.45) is 5.92 Å². The zero-order valence-corrected chi connectivity index (χ0v) is 12.6. The molecule has 1 aliphatic rings. The number of piperidine rings is 1. The van der Waals surface area contributed by atoms with E-state index < -0.39 is 0 Å². The molecule has 2 heterocycles. The Labute approximate surface area is 116 Å². The predicted octanol–water partition coefficient (Wildman–Crippen LogP) is 1.88. The monoisotopic (exact) mass is 265 g/mol. The van der Waals surface area contributed by atoms with Gasteiger partial charge in [0.25, 0.3) is 0 Å². The highest BCUT2D eigenvalue weighted by atomic mass is 15.2. The van der Waals surface area contributed by atoms with Crippen LogP contribution in [0.15, 0.2) is 0 Å². The Morgan fingerprint density at radius 2 is 2.00 bits per heavy atom. The van der Waals surface area contributed by atoms with Crippen molar-refractivity contribution in [3.63, 3.8) is 0 Å². The van der Waals surface area contributed by atoms with Crippen molar-refractivity contribution in [3.8, 4) is 0 Å². The third-order valence-corrected chi connectivity index (χ3v) is 4.09. The van der Waals surface area contributed by atoms with E-state index in [4.69, 9.17) is 0 Å². The summed E-state index contributed by atoms with van der Waals surface area (Å²) in [5.74, 6) is 2.54. The summed E-state index contributed by atoms with van der Waals surface area (Å²) in [6, 6.07) is 0.914. The molecule has 0 saturated carbocycles. The summed E-state index contributed by atoms with van der Waals surface area (Å²) in [7, 11) is 0. The molecule has 108 valence electrons. The molecule has 1 saturated heterocycles. The molecule has 1 aromatic rings. The summed E-state index contributed by atoms with van der Waals surface area (Å²) in [6.45, 7) is 12.2. The normalized spacial score (nSPS) is 20.1. The number of H-pyrrole nitrogens is 1. The minimum absolute atomic E-state index is 0.230. The van der Waals surface area contributed by atoms with Gasteiger partial charge in [-0.25, -0.2) is 4.98 Å². The summed E-state index contributed by atoms with van der Waals surface area (Å²) in [5.41, 5.74) is 0. The molecular weight excluding hydrogens is 238 g/mol. The second-order valence-electron chi connectivity index (χ2n) is 5.98. The number of nitrogens with zero attached hydrogens (tertiary/aromatic N) is 3. The molecule has 5 heteroatoms. The zero-order valence-electron chi connectivity index (χ0n) is 12.6. The Hall–Kier alpha value is -0.940. The van der Waals surface area contributed by atoms with Crippen molar-refractivity contribution >= 4 is 0 Å². The van der Waals surface area contributed by atoms with Gasteiger partial charge < -0.3 is 10.2 Å². The number of likely N-dealkylation sites (tertiary alicyclic amines) is 1. The SMILES string of the molecule is Cc1nc(C(C)NCC2CCN(C(C)C)CC2)n[nH]1. The Balaban J connectivity index is 1.72. The molecular formula is C14H27N5. The lowest BCUT2D eigenvalue weighted by atomic mass is 9.95. The van der Waals surface area contributed by atoms with E-state index in [9.17, 15) is 0 Å². The Kier molecular flexibility index (Phi) is 4.93. The lowest BCUT2D eigenvalue weighted by Gasteiger charge is -2.35. The van der Waals surface area contributed by atoms with E-state index in [1.54, 1.807) is 0 Å². The molecule has 1 unspecified atom stereocenters. The van der Waals surface area contributed by atoms with Gasteiger partial charge in [0, 0.05) is 6.04 Å². The Morgan fingerprint density at radius 1 is 1.32 bits per heavy atom. The molecule has 2 N–H and O–H groups in total. The van der Waals surface area contributed by atoms with E-state index in [0.29, 0.717) is 6.04 Å². The summed E-state index contributed by atoms with van der Waals surface area (Å²) >= 11 is 0. The van der Waals surface area contributed by atoms with E-state index in [2.05, 4.69) is 46.2 Å². The second-order valence-corrected chi connectivity index (χ2v) is 5.98. The average Bonchev–Trinajstić information content (AvgIpc) is 2.83. The molecule has 0 radical (unpaired) electrons. The predicted molar refractivity (Wildman–Crippen MR) is 77.0 cm³/mol. The van der Waals surface area contributed by atoms with E-state index in [0.717, 1.165) is 24.1 Å². The molecule has 0 amide bonds. The van der Waals surface area contributed by atoms with Gasteiger partial charge in [0.2, 0.25) is 0 Å². The van der Waals surface area contributed by atoms with Gasteiger partial charge in [-0.2, -0.15) is 5.10 Å². The van der Waals surface area contributed by atoms with Gasteiger partial charge in [-0.05, 0) is 66.1 Å². The van der Waals surface area contributed by atoms with Crippen LogP contribution < -0.4 is 5.32 Å². The number of aryl methyl sites for hydroxylation is 1. The molecule has 2 rings (SSSR count). The molecule has 0 aromatic carbocycles. The van der Waals surface area contributed by atoms with Crippen LogP contribution in [0.25, 0.3) is 0 Å². The summed E-state index contributed by atoms with van der Waals surface area (Å²) in [5, 5.41) is 10.7. The first kappa shape index (κ1) is 14.5. The van der Waals surface area contributed by atoms with Crippen molar-refractivity contribution < 1.29 is 0 Å². The van der Waals surface area contributed by atoms with Gasteiger partial charge in [0.05, 0.1) is 6.04 Å². The van der Waals surface area contributed by atoms with Crippen LogP contribution in [-0.4, -0.2) is 45.8 Å². The van der Waals surface area contributed by atoms with Crippen molar-refractivity contribution in [1.29, 1.82) is 0 Å². The van der Waals surface area contributed by atoms with E-state index in [-0.39, 0.29) is 6.04 Å². The molecule has 0 bridgehead atoms. The fourth-order valence-corrected chi connectivity index (χ4v) is 2.66. The highest BCUT2D eigenvalue weighted by molar-refractivity contribution is 4.93. The van der Waals surface area contributed by atoms with Gasteiger partial charge in [0.1, 0.15) is 5.82 Å². The maximum atomic E-state index is 4.37. The van der Waals surface area contributed by atoms with Gasteiger partial charge in [-0.1, -0.05) is 0 Å². The van der Waals surface area contributed by atoms with Crippen LogP contribution in [0.3, 0.4) is 0 Å². The molecule has 0 aliphatic carbocycles. The van der Waals surface area contributed by atoms with Crippen LogP contribution in [0.1, 0.15) is 51.3 Å². The highest BCUT2D eigenvalue weighted by Crippen LogP contribution is 2.19. The summed E-state index contributed by atoms with van der Waals surface area (Å²) in [6.07, 6.45) is 2.59. The fourth-order valence-electron chi connectivity index (χ4n) is 2.66. The maximum Gasteiger partial charge on any atom is 0.167 e. The van der Waals surface area contributed by atoms with E-state index >= 15 is 0 Å². The first-order valence-electron chi connectivity index (χ1n) is 7.42. The first-order chi connectivity index (χ1) is 9.06. The largest absolute Gasteiger partial charge is 0.307 e. The van der Waals surface area contributed by atoms with Crippen LogP contribution in [0, 0.1) is 12.8 Å². The number of nitrogens with one attached hydrogen (secondary N) is 2. The third kappa shape index (κ3) is 4.01. The molecule has 1 fully saturated rings. The van der Waals surface area contributed by atoms with Crippen molar-refractivity contribution in [1.82, 2.24) is 25.4 Å². The molecule has 1 aromatic heterocycles. The first-order valence-corrected chi connectivity index (χ1v) is 7.42.